The SMILES string of the molecule is CC(C)(C)OC(=O)N(CCN)C(=O)NCCc1ccccc1. The van der Waals surface area contributed by atoms with Gasteiger partial charge in [0.15, 0.2) is 0 Å². The zero-order valence-corrected chi connectivity index (χ0v) is 13.5. The smallest absolute Gasteiger partial charge is 0.418 e. The Morgan fingerprint density at radius 1 is 1.23 bits per heavy atom. The van der Waals surface area contributed by atoms with Gasteiger partial charge in [-0.3, -0.25) is 0 Å². The number of imide groups is 1. The van der Waals surface area contributed by atoms with Gasteiger partial charge in [-0.1, -0.05) is 30.3 Å². The fraction of sp³-hybridized carbons (Fsp3) is 0.500. The van der Waals surface area contributed by atoms with E-state index in [-0.39, 0.29) is 13.1 Å². The van der Waals surface area contributed by atoms with Crippen molar-refractivity contribution in [3.05, 3.63) is 35.9 Å². The van der Waals surface area contributed by atoms with Crippen LogP contribution in [0.15, 0.2) is 30.3 Å². The molecule has 0 saturated heterocycles. The van der Waals surface area contributed by atoms with Crippen LogP contribution in [0.1, 0.15) is 26.3 Å². The summed E-state index contributed by atoms with van der Waals surface area (Å²) in [5.74, 6) is 0. The number of carbonyl (C=O) groups excluding carboxylic acids is 2. The molecule has 1 rings (SSSR count). The third-order valence-electron chi connectivity index (χ3n) is 2.74. The van der Waals surface area contributed by atoms with Gasteiger partial charge in [0.1, 0.15) is 5.60 Å². The van der Waals surface area contributed by atoms with Crippen LogP contribution in [-0.4, -0.2) is 42.3 Å². The van der Waals surface area contributed by atoms with E-state index in [4.69, 9.17) is 10.5 Å². The van der Waals surface area contributed by atoms with Gasteiger partial charge in [0.25, 0.3) is 0 Å². The van der Waals surface area contributed by atoms with E-state index in [1.165, 1.54) is 0 Å². The number of ether oxygens (including phenoxy) is 1. The minimum atomic E-state index is -0.685. The molecule has 0 unspecified atom stereocenters. The van der Waals surface area contributed by atoms with Crippen LogP contribution in [-0.2, 0) is 11.2 Å². The minimum Gasteiger partial charge on any atom is -0.443 e. The average Bonchev–Trinajstić information content (AvgIpc) is 2.43. The van der Waals surface area contributed by atoms with Gasteiger partial charge in [-0.2, -0.15) is 0 Å². The molecule has 122 valence electrons. The van der Waals surface area contributed by atoms with E-state index in [9.17, 15) is 9.59 Å². The van der Waals surface area contributed by atoms with Gasteiger partial charge in [0.2, 0.25) is 0 Å². The molecule has 1 aromatic carbocycles. The molecular weight excluding hydrogens is 282 g/mol. The Bertz CT molecular complexity index is 483. The molecule has 3 amide bonds. The fourth-order valence-corrected chi connectivity index (χ4v) is 1.78. The predicted molar refractivity (Wildman–Crippen MR) is 85.5 cm³/mol. The van der Waals surface area contributed by atoms with Crippen molar-refractivity contribution in [1.29, 1.82) is 0 Å². The summed E-state index contributed by atoms with van der Waals surface area (Å²) in [5.41, 5.74) is 5.92. The molecule has 0 aliphatic rings. The molecule has 0 heterocycles. The van der Waals surface area contributed by atoms with E-state index in [0.29, 0.717) is 13.0 Å². The van der Waals surface area contributed by atoms with E-state index in [1.807, 2.05) is 30.3 Å². The second kappa shape index (κ2) is 8.38. The molecule has 0 aliphatic carbocycles. The van der Waals surface area contributed by atoms with E-state index < -0.39 is 17.7 Å². The maximum absolute atomic E-state index is 12.1. The molecule has 1 aromatic rings. The first-order valence-electron chi connectivity index (χ1n) is 7.36. The summed E-state index contributed by atoms with van der Waals surface area (Å²) >= 11 is 0. The van der Waals surface area contributed by atoms with Gasteiger partial charge in [-0.15, -0.1) is 0 Å². The van der Waals surface area contributed by atoms with E-state index in [2.05, 4.69) is 5.32 Å². The zero-order chi connectivity index (χ0) is 16.6. The Kier molecular flexibility index (Phi) is 6.85. The van der Waals surface area contributed by atoms with E-state index in [1.54, 1.807) is 20.8 Å². The number of carbonyl (C=O) groups is 2. The first-order valence-corrected chi connectivity index (χ1v) is 7.36. The van der Waals surface area contributed by atoms with Crippen LogP contribution in [0.4, 0.5) is 9.59 Å². The number of amides is 3. The number of urea groups is 1. The molecule has 3 N–H and O–H groups in total. The quantitative estimate of drug-likeness (QED) is 0.872. The molecule has 0 aromatic heterocycles. The lowest BCUT2D eigenvalue weighted by atomic mass is 10.1. The van der Waals surface area contributed by atoms with Gasteiger partial charge in [0.05, 0.1) is 0 Å². The van der Waals surface area contributed by atoms with Gasteiger partial charge >= 0.3 is 12.1 Å². The monoisotopic (exact) mass is 307 g/mol. The summed E-state index contributed by atoms with van der Waals surface area (Å²) in [4.78, 5) is 25.1. The van der Waals surface area contributed by atoms with Gasteiger partial charge in [-0.05, 0) is 32.8 Å². The molecule has 0 spiro atoms. The first-order chi connectivity index (χ1) is 10.3. The molecule has 0 saturated carbocycles. The lowest BCUT2D eigenvalue weighted by Gasteiger charge is -2.26. The highest BCUT2D eigenvalue weighted by molar-refractivity contribution is 5.91. The molecule has 0 fully saturated rings. The second-order valence-corrected chi connectivity index (χ2v) is 5.89. The largest absolute Gasteiger partial charge is 0.443 e. The number of hydrogen-bond acceptors (Lipinski definition) is 4. The van der Waals surface area contributed by atoms with E-state index >= 15 is 0 Å². The number of benzene rings is 1. The summed E-state index contributed by atoms with van der Waals surface area (Å²) in [5, 5.41) is 2.71. The van der Waals surface area contributed by atoms with Crippen LogP contribution in [0.25, 0.3) is 0 Å². The summed E-state index contributed by atoms with van der Waals surface area (Å²) in [6.07, 6.45) is 0.00679. The molecule has 0 bridgehead atoms. The van der Waals surface area contributed by atoms with Crippen molar-refractivity contribution in [1.82, 2.24) is 10.2 Å². The maximum atomic E-state index is 12.1. The molecule has 22 heavy (non-hydrogen) atoms. The van der Waals surface area contributed by atoms with Gasteiger partial charge in [0, 0.05) is 19.6 Å². The highest BCUT2D eigenvalue weighted by Crippen LogP contribution is 2.10. The Morgan fingerprint density at radius 2 is 1.86 bits per heavy atom. The Balaban J connectivity index is 2.52. The normalized spacial score (nSPS) is 10.9. The number of nitrogens with one attached hydrogen (secondary N) is 1. The summed E-state index contributed by atoms with van der Waals surface area (Å²) in [7, 11) is 0. The number of nitrogens with two attached hydrogens (primary N) is 1. The van der Waals surface area contributed by atoms with Crippen LogP contribution in [0.3, 0.4) is 0 Å². The van der Waals surface area contributed by atoms with Crippen molar-refractivity contribution in [2.75, 3.05) is 19.6 Å². The lowest BCUT2D eigenvalue weighted by molar-refractivity contribution is 0.0325. The van der Waals surface area contributed by atoms with Crippen molar-refractivity contribution < 1.29 is 14.3 Å². The summed E-state index contributed by atoms with van der Waals surface area (Å²) in [6.45, 7) is 5.99. The van der Waals surface area contributed by atoms with Gasteiger partial charge < -0.3 is 15.8 Å². The first kappa shape index (κ1) is 18.0. The van der Waals surface area contributed by atoms with Crippen molar-refractivity contribution in [2.24, 2.45) is 5.73 Å². The lowest BCUT2D eigenvalue weighted by Crippen LogP contribution is -2.48. The van der Waals surface area contributed by atoms with Crippen molar-refractivity contribution in [3.8, 4) is 0 Å². The van der Waals surface area contributed by atoms with Crippen LogP contribution >= 0.6 is 0 Å². The van der Waals surface area contributed by atoms with E-state index in [0.717, 1.165) is 10.5 Å². The fourth-order valence-electron chi connectivity index (χ4n) is 1.78. The molecule has 6 heteroatoms. The highest BCUT2D eigenvalue weighted by atomic mass is 16.6. The Morgan fingerprint density at radius 3 is 2.41 bits per heavy atom. The topological polar surface area (TPSA) is 84.7 Å². The van der Waals surface area contributed by atoms with Crippen molar-refractivity contribution in [2.45, 2.75) is 32.8 Å². The molecular formula is C16H25N3O3. The third-order valence-corrected chi connectivity index (χ3v) is 2.74. The summed E-state index contributed by atoms with van der Waals surface area (Å²) < 4.78 is 5.21. The number of nitrogens with zero attached hydrogens (tertiary/aromatic N) is 1. The molecule has 0 aliphatic heterocycles. The Hall–Kier alpha value is -2.08. The Labute approximate surface area is 131 Å². The van der Waals surface area contributed by atoms with Gasteiger partial charge in [-0.25, -0.2) is 14.5 Å². The van der Waals surface area contributed by atoms with Crippen LogP contribution < -0.4 is 11.1 Å². The molecule has 0 atom stereocenters. The molecule has 0 radical (unpaired) electrons. The highest BCUT2D eigenvalue weighted by Gasteiger charge is 2.26. The maximum Gasteiger partial charge on any atom is 0.418 e. The molecule has 6 nitrogen and oxygen atoms in total. The third kappa shape index (κ3) is 6.58. The predicted octanol–water partition coefficient (Wildman–Crippen LogP) is 2.13. The number of hydrogen-bond donors (Lipinski definition) is 2. The van der Waals surface area contributed by atoms with Crippen molar-refractivity contribution >= 4 is 12.1 Å². The summed E-state index contributed by atoms with van der Waals surface area (Å²) in [6, 6.07) is 9.30. The minimum absolute atomic E-state index is 0.117. The van der Waals surface area contributed by atoms with Crippen LogP contribution in [0.5, 0.6) is 0 Å². The average molecular weight is 307 g/mol. The standard InChI is InChI=1S/C16H25N3O3/c1-16(2,3)22-15(21)19(12-10-17)14(20)18-11-9-13-7-5-4-6-8-13/h4-8H,9-12,17H2,1-3H3,(H,18,20). The van der Waals surface area contributed by atoms with Crippen molar-refractivity contribution in [3.63, 3.8) is 0 Å². The zero-order valence-electron chi connectivity index (χ0n) is 13.5. The van der Waals surface area contributed by atoms with Crippen LogP contribution in [0.2, 0.25) is 0 Å². The van der Waals surface area contributed by atoms with Crippen LogP contribution in [0, 0.1) is 0 Å². The number of rotatable bonds is 5. The second-order valence-electron chi connectivity index (χ2n) is 5.89.